The largest absolute Gasteiger partial charge is 0.439 e. The molecule has 0 saturated heterocycles. The highest BCUT2D eigenvalue weighted by atomic mass is 35.5. The van der Waals surface area contributed by atoms with E-state index in [1.54, 1.807) is 6.07 Å². The molecule has 0 radical (unpaired) electrons. The predicted octanol–water partition coefficient (Wildman–Crippen LogP) is 4.05. The molecule has 0 N–H and O–H groups in total. The second-order valence-corrected chi connectivity index (χ2v) is 4.36. The van der Waals surface area contributed by atoms with E-state index in [1.165, 1.54) is 6.33 Å². The lowest BCUT2D eigenvalue weighted by molar-refractivity contribution is 0.453. The molecule has 4 heteroatoms. The highest BCUT2D eigenvalue weighted by Crippen LogP contribution is 2.29. The number of nitrogens with zero attached hydrogens (tertiary/aromatic N) is 2. The Balaban J connectivity index is 2.30. The molecule has 0 saturated carbocycles. The zero-order valence-electron chi connectivity index (χ0n) is 9.72. The summed E-state index contributed by atoms with van der Waals surface area (Å²) in [4.78, 5) is 7.83. The summed E-state index contributed by atoms with van der Waals surface area (Å²) in [5.41, 5.74) is 1.14. The lowest BCUT2D eigenvalue weighted by atomic mass is 10.0. The zero-order chi connectivity index (χ0) is 12.3. The fourth-order valence-electron chi connectivity index (χ4n) is 1.54. The van der Waals surface area contributed by atoms with Gasteiger partial charge >= 0.3 is 0 Å². The minimum Gasteiger partial charge on any atom is -0.439 e. The van der Waals surface area contributed by atoms with Crippen LogP contribution in [0.15, 0.2) is 36.7 Å². The number of halogens is 1. The van der Waals surface area contributed by atoms with Gasteiger partial charge in [0.2, 0.25) is 5.88 Å². The summed E-state index contributed by atoms with van der Waals surface area (Å²) >= 11 is 5.78. The van der Waals surface area contributed by atoms with Crippen LogP contribution in [0.25, 0.3) is 0 Å². The first-order chi connectivity index (χ1) is 8.16. The first-order valence-electron chi connectivity index (χ1n) is 5.41. The Morgan fingerprint density at radius 3 is 2.65 bits per heavy atom. The second kappa shape index (κ2) is 5.15. The summed E-state index contributed by atoms with van der Waals surface area (Å²) in [5.74, 6) is 1.65. The van der Waals surface area contributed by atoms with Gasteiger partial charge in [0.15, 0.2) is 0 Å². The smallest absolute Gasteiger partial charge is 0.223 e. The van der Waals surface area contributed by atoms with Crippen molar-refractivity contribution in [3.8, 4) is 11.6 Å². The van der Waals surface area contributed by atoms with Gasteiger partial charge in [0, 0.05) is 6.07 Å². The molecule has 1 aromatic heterocycles. The molecule has 1 heterocycles. The molecule has 0 aliphatic heterocycles. The highest BCUT2D eigenvalue weighted by molar-refractivity contribution is 6.29. The molecule has 3 nitrogen and oxygen atoms in total. The molecule has 0 spiro atoms. The monoisotopic (exact) mass is 248 g/mol. The van der Waals surface area contributed by atoms with Gasteiger partial charge in [-0.25, -0.2) is 9.97 Å². The SMILES string of the molecule is CC(C)c1ccccc1Oc1cc(Cl)ncn1. The van der Waals surface area contributed by atoms with Crippen molar-refractivity contribution in [3.63, 3.8) is 0 Å². The molecular formula is C13H13ClN2O. The van der Waals surface area contributed by atoms with Gasteiger partial charge < -0.3 is 4.74 Å². The van der Waals surface area contributed by atoms with E-state index in [0.717, 1.165) is 11.3 Å². The Morgan fingerprint density at radius 2 is 1.94 bits per heavy atom. The van der Waals surface area contributed by atoms with E-state index in [0.29, 0.717) is 17.0 Å². The number of hydrogen-bond donors (Lipinski definition) is 0. The number of ether oxygens (including phenoxy) is 1. The number of hydrogen-bond acceptors (Lipinski definition) is 3. The lowest BCUT2D eigenvalue weighted by Gasteiger charge is -2.12. The van der Waals surface area contributed by atoms with E-state index in [-0.39, 0.29) is 0 Å². The number of aromatic nitrogens is 2. The van der Waals surface area contributed by atoms with E-state index >= 15 is 0 Å². The molecule has 0 unspecified atom stereocenters. The molecule has 0 bridgehead atoms. The third-order valence-electron chi connectivity index (χ3n) is 2.36. The van der Waals surface area contributed by atoms with Gasteiger partial charge in [-0.2, -0.15) is 0 Å². The van der Waals surface area contributed by atoms with Crippen LogP contribution in [0, 0.1) is 0 Å². The van der Waals surface area contributed by atoms with Gasteiger partial charge in [-0.15, -0.1) is 0 Å². The molecule has 0 aliphatic carbocycles. The molecule has 2 aromatic rings. The van der Waals surface area contributed by atoms with Crippen LogP contribution in [0.2, 0.25) is 5.15 Å². The molecule has 0 fully saturated rings. The minimum absolute atomic E-state index is 0.372. The first kappa shape index (κ1) is 11.9. The molecule has 0 aliphatic rings. The summed E-state index contributed by atoms with van der Waals surface area (Å²) in [6.45, 7) is 4.24. The zero-order valence-corrected chi connectivity index (χ0v) is 10.5. The van der Waals surface area contributed by atoms with Crippen LogP contribution < -0.4 is 4.74 Å². The first-order valence-corrected chi connectivity index (χ1v) is 5.79. The summed E-state index contributed by atoms with van der Waals surface area (Å²) in [6, 6.07) is 9.49. The molecule has 2 rings (SSSR count). The number of benzene rings is 1. The van der Waals surface area contributed by atoms with Crippen LogP contribution in [0.3, 0.4) is 0 Å². The van der Waals surface area contributed by atoms with Gasteiger partial charge in [0.05, 0.1) is 0 Å². The maximum atomic E-state index is 5.78. The lowest BCUT2D eigenvalue weighted by Crippen LogP contribution is -1.95. The average Bonchev–Trinajstić information content (AvgIpc) is 2.29. The van der Waals surface area contributed by atoms with Gasteiger partial charge in [-0.05, 0) is 17.5 Å². The van der Waals surface area contributed by atoms with Crippen molar-refractivity contribution in [1.82, 2.24) is 9.97 Å². The van der Waals surface area contributed by atoms with Crippen molar-refractivity contribution in [2.75, 3.05) is 0 Å². The van der Waals surface area contributed by atoms with Crippen LogP contribution in [0.5, 0.6) is 11.6 Å². The van der Waals surface area contributed by atoms with Crippen molar-refractivity contribution in [2.24, 2.45) is 0 Å². The van der Waals surface area contributed by atoms with Crippen LogP contribution >= 0.6 is 11.6 Å². The van der Waals surface area contributed by atoms with Crippen LogP contribution in [0.4, 0.5) is 0 Å². The van der Waals surface area contributed by atoms with E-state index in [4.69, 9.17) is 16.3 Å². The molecule has 0 amide bonds. The Hall–Kier alpha value is -1.61. The second-order valence-electron chi connectivity index (χ2n) is 3.97. The quantitative estimate of drug-likeness (QED) is 0.769. The van der Waals surface area contributed by atoms with Gasteiger partial charge in [-0.1, -0.05) is 43.6 Å². The molecular weight excluding hydrogens is 236 g/mol. The van der Waals surface area contributed by atoms with Gasteiger partial charge in [0.1, 0.15) is 17.2 Å². The normalized spacial score (nSPS) is 10.6. The van der Waals surface area contributed by atoms with Crippen LogP contribution in [-0.4, -0.2) is 9.97 Å². The Kier molecular flexibility index (Phi) is 3.59. The molecule has 0 atom stereocenters. The maximum absolute atomic E-state index is 5.78. The fourth-order valence-corrected chi connectivity index (χ4v) is 1.67. The van der Waals surface area contributed by atoms with E-state index in [1.807, 2.05) is 24.3 Å². The van der Waals surface area contributed by atoms with E-state index < -0.39 is 0 Å². The summed E-state index contributed by atoms with van der Waals surface area (Å²) < 4.78 is 5.72. The topological polar surface area (TPSA) is 35.0 Å². The van der Waals surface area contributed by atoms with Gasteiger partial charge in [0.25, 0.3) is 0 Å². The van der Waals surface area contributed by atoms with Crippen LogP contribution in [-0.2, 0) is 0 Å². The Bertz CT molecular complexity index is 514. The predicted molar refractivity (Wildman–Crippen MR) is 67.6 cm³/mol. The number of para-hydroxylation sites is 1. The van der Waals surface area contributed by atoms with E-state index in [2.05, 4.69) is 23.8 Å². The number of rotatable bonds is 3. The third-order valence-corrected chi connectivity index (χ3v) is 2.57. The maximum Gasteiger partial charge on any atom is 0.223 e. The van der Waals surface area contributed by atoms with Crippen molar-refractivity contribution >= 4 is 11.6 Å². The third kappa shape index (κ3) is 2.94. The molecule has 1 aromatic carbocycles. The Morgan fingerprint density at radius 1 is 1.18 bits per heavy atom. The van der Waals surface area contributed by atoms with Crippen molar-refractivity contribution < 1.29 is 4.74 Å². The average molecular weight is 249 g/mol. The summed E-state index contributed by atoms with van der Waals surface area (Å²) in [6.07, 6.45) is 1.38. The van der Waals surface area contributed by atoms with Crippen molar-refractivity contribution in [2.45, 2.75) is 19.8 Å². The standard InChI is InChI=1S/C13H13ClN2O/c1-9(2)10-5-3-4-6-11(10)17-13-7-12(14)15-8-16-13/h3-9H,1-2H3. The highest BCUT2D eigenvalue weighted by Gasteiger charge is 2.08. The molecule has 88 valence electrons. The fraction of sp³-hybridized carbons (Fsp3) is 0.231. The van der Waals surface area contributed by atoms with Crippen LogP contribution in [0.1, 0.15) is 25.3 Å². The molecule has 17 heavy (non-hydrogen) atoms. The van der Waals surface area contributed by atoms with Crippen molar-refractivity contribution in [1.29, 1.82) is 0 Å². The van der Waals surface area contributed by atoms with Gasteiger partial charge in [-0.3, -0.25) is 0 Å². The Labute approximate surface area is 105 Å². The van der Waals surface area contributed by atoms with Crippen molar-refractivity contribution in [3.05, 3.63) is 47.4 Å². The minimum atomic E-state index is 0.372. The van der Waals surface area contributed by atoms with E-state index in [9.17, 15) is 0 Å². The summed E-state index contributed by atoms with van der Waals surface area (Å²) in [7, 11) is 0. The summed E-state index contributed by atoms with van der Waals surface area (Å²) in [5, 5.41) is 0.372.